The van der Waals surface area contributed by atoms with Crippen LogP contribution in [0.1, 0.15) is 76.3 Å². The minimum atomic E-state index is -4.70. The largest absolute Gasteiger partial charge is 0.417 e. The second-order valence-corrected chi connectivity index (χ2v) is 6.97. The van der Waals surface area contributed by atoms with Gasteiger partial charge in [0.25, 0.3) is 5.91 Å². The normalized spacial score (nSPS) is 13.7. The fourth-order valence-electron chi connectivity index (χ4n) is 2.76. The zero-order valence-corrected chi connectivity index (χ0v) is 15.8. The first-order valence-electron chi connectivity index (χ1n) is 9.27. The highest BCUT2D eigenvalue weighted by atomic mass is 19.4. The molecule has 0 spiro atoms. The number of unbranched alkanes of at least 4 members (excludes halogenated alkanes) is 6. The van der Waals surface area contributed by atoms with Gasteiger partial charge in [0.1, 0.15) is 5.60 Å². The summed E-state index contributed by atoms with van der Waals surface area (Å²) in [5, 5.41) is 21.4. The molecule has 150 valence electrons. The highest BCUT2D eigenvalue weighted by Crippen LogP contribution is 2.33. The number of alkyl halides is 3. The van der Waals surface area contributed by atoms with E-state index in [0.29, 0.717) is 12.5 Å². The molecule has 0 saturated carbocycles. The maximum atomic E-state index is 13.0. The van der Waals surface area contributed by atoms with Crippen molar-refractivity contribution in [2.45, 2.75) is 77.0 Å². The van der Waals surface area contributed by atoms with Crippen LogP contribution in [0.4, 0.5) is 18.9 Å². The fraction of sp³-hybridized carbons (Fsp3) is 0.600. The van der Waals surface area contributed by atoms with Gasteiger partial charge in [0.05, 0.1) is 17.2 Å². The van der Waals surface area contributed by atoms with Crippen LogP contribution in [0.25, 0.3) is 0 Å². The molecule has 0 aromatic heterocycles. The molecule has 1 aromatic rings. The van der Waals surface area contributed by atoms with E-state index in [4.69, 9.17) is 5.26 Å². The number of carbonyl (C=O) groups is 1. The third kappa shape index (κ3) is 7.59. The predicted octanol–water partition coefficient (Wildman–Crippen LogP) is 5.41. The van der Waals surface area contributed by atoms with Crippen LogP contribution in [0.2, 0.25) is 0 Å². The molecule has 0 radical (unpaired) electrons. The molecule has 2 N–H and O–H groups in total. The lowest BCUT2D eigenvalue weighted by atomic mass is 9.96. The van der Waals surface area contributed by atoms with Crippen LogP contribution in [-0.2, 0) is 11.0 Å². The van der Waals surface area contributed by atoms with Gasteiger partial charge in [0.2, 0.25) is 0 Å². The molecule has 27 heavy (non-hydrogen) atoms. The van der Waals surface area contributed by atoms with Crippen molar-refractivity contribution in [1.29, 1.82) is 5.26 Å². The summed E-state index contributed by atoms with van der Waals surface area (Å²) < 4.78 is 39.0. The number of nitriles is 1. The Labute approximate surface area is 158 Å². The number of nitrogens with one attached hydrogen (secondary N) is 1. The van der Waals surface area contributed by atoms with E-state index in [1.165, 1.54) is 38.3 Å². The monoisotopic (exact) mass is 384 g/mol. The molecular weight excluding hydrogens is 357 g/mol. The average Bonchev–Trinajstić information content (AvgIpc) is 2.60. The number of benzene rings is 1. The molecule has 0 bridgehead atoms. The minimum absolute atomic E-state index is 0.105. The lowest BCUT2D eigenvalue weighted by molar-refractivity contribution is -0.138. The summed E-state index contributed by atoms with van der Waals surface area (Å²) in [6.07, 6.45) is 2.77. The van der Waals surface area contributed by atoms with Crippen molar-refractivity contribution in [1.82, 2.24) is 0 Å². The SMILES string of the molecule is CCCCCCCCCC(C)(O)C(=O)Nc1ccc(C#N)c(C(F)(F)F)c1. The van der Waals surface area contributed by atoms with Gasteiger partial charge < -0.3 is 10.4 Å². The molecular formula is C20H27F3N2O2. The highest BCUT2D eigenvalue weighted by molar-refractivity contribution is 5.96. The zero-order chi connectivity index (χ0) is 20.5. The Morgan fingerprint density at radius 3 is 2.30 bits per heavy atom. The van der Waals surface area contributed by atoms with Crippen LogP contribution < -0.4 is 5.32 Å². The van der Waals surface area contributed by atoms with Gasteiger partial charge in [-0.15, -0.1) is 0 Å². The first kappa shape index (κ1) is 23.0. The number of nitrogens with zero attached hydrogens (tertiary/aromatic N) is 1. The molecule has 1 rings (SSSR count). The van der Waals surface area contributed by atoms with E-state index in [1.807, 2.05) is 0 Å². The number of hydrogen-bond acceptors (Lipinski definition) is 3. The van der Waals surface area contributed by atoms with Crippen molar-refractivity contribution in [3.05, 3.63) is 29.3 Å². The van der Waals surface area contributed by atoms with E-state index in [0.717, 1.165) is 25.3 Å². The van der Waals surface area contributed by atoms with Crippen LogP contribution in [0, 0.1) is 11.3 Å². The van der Waals surface area contributed by atoms with E-state index in [9.17, 15) is 23.1 Å². The third-order valence-electron chi connectivity index (χ3n) is 4.46. The Morgan fingerprint density at radius 1 is 1.15 bits per heavy atom. The molecule has 0 heterocycles. The van der Waals surface area contributed by atoms with Gasteiger partial charge in [-0.05, 0) is 31.5 Å². The lowest BCUT2D eigenvalue weighted by Crippen LogP contribution is -2.40. The van der Waals surface area contributed by atoms with Gasteiger partial charge in [-0.1, -0.05) is 51.9 Å². The Kier molecular flexibility index (Phi) is 8.77. The molecule has 4 nitrogen and oxygen atoms in total. The fourth-order valence-corrected chi connectivity index (χ4v) is 2.76. The van der Waals surface area contributed by atoms with Crippen molar-refractivity contribution in [3.63, 3.8) is 0 Å². The smallest absolute Gasteiger partial charge is 0.380 e. The Hall–Kier alpha value is -2.07. The minimum Gasteiger partial charge on any atom is -0.380 e. The van der Waals surface area contributed by atoms with Crippen molar-refractivity contribution in [2.24, 2.45) is 0 Å². The number of halogens is 3. The van der Waals surface area contributed by atoms with E-state index >= 15 is 0 Å². The van der Waals surface area contributed by atoms with E-state index < -0.39 is 28.8 Å². The van der Waals surface area contributed by atoms with Gasteiger partial charge in [0, 0.05) is 5.69 Å². The summed E-state index contributed by atoms with van der Waals surface area (Å²) in [5.41, 5.74) is -3.41. The maximum Gasteiger partial charge on any atom is 0.417 e. The summed E-state index contributed by atoms with van der Waals surface area (Å²) in [6.45, 7) is 3.50. The molecule has 0 aliphatic heterocycles. The number of carbonyl (C=O) groups excluding carboxylic acids is 1. The first-order chi connectivity index (χ1) is 12.6. The maximum absolute atomic E-state index is 13.0. The molecule has 1 atom stereocenters. The molecule has 7 heteroatoms. The molecule has 1 amide bonds. The quantitative estimate of drug-likeness (QED) is 0.530. The van der Waals surface area contributed by atoms with Gasteiger partial charge in [0.15, 0.2) is 0 Å². The van der Waals surface area contributed by atoms with Crippen LogP contribution in [0.5, 0.6) is 0 Å². The Balaban J connectivity index is 2.62. The topological polar surface area (TPSA) is 73.1 Å². The second kappa shape index (κ2) is 10.3. The summed E-state index contributed by atoms with van der Waals surface area (Å²) in [7, 11) is 0. The Bertz CT molecular complexity index is 664. The molecule has 0 aliphatic carbocycles. The standard InChI is InChI=1S/C20H27F3N2O2/c1-3-4-5-6-7-8-9-12-19(2,27)18(26)25-16-11-10-15(14-24)17(13-16)20(21,22)23/h10-11,13,27H,3-9,12H2,1-2H3,(H,25,26). The molecule has 1 aromatic carbocycles. The number of rotatable bonds is 10. The molecule has 0 fully saturated rings. The first-order valence-corrected chi connectivity index (χ1v) is 9.27. The van der Waals surface area contributed by atoms with Crippen molar-refractivity contribution >= 4 is 11.6 Å². The molecule has 0 aliphatic rings. The average molecular weight is 384 g/mol. The zero-order valence-electron chi connectivity index (χ0n) is 15.8. The van der Waals surface area contributed by atoms with Gasteiger partial charge in [-0.25, -0.2) is 0 Å². The van der Waals surface area contributed by atoms with E-state index in [-0.39, 0.29) is 12.1 Å². The number of aliphatic hydroxyl groups is 1. The number of amides is 1. The summed E-state index contributed by atoms with van der Waals surface area (Å²) >= 11 is 0. The highest BCUT2D eigenvalue weighted by Gasteiger charge is 2.35. The van der Waals surface area contributed by atoms with Crippen molar-refractivity contribution in [3.8, 4) is 6.07 Å². The van der Waals surface area contributed by atoms with E-state index in [2.05, 4.69) is 12.2 Å². The predicted molar refractivity (Wildman–Crippen MR) is 98.0 cm³/mol. The van der Waals surface area contributed by atoms with Crippen LogP contribution in [0.15, 0.2) is 18.2 Å². The molecule has 0 saturated heterocycles. The van der Waals surface area contributed by atoms with Gasteiger partial charge >= 0.3 is 6.18 Å². The summed E-state index contributed by atoms with van der Waals surface area (Å²) in [4.78, 5) is 12.2. The third-order valence-corrected chi connectivity index (χ3v) is 4.46. The Morgan fingerprint density at radius 2 is 1.74 bits per heavy atom. The van der Waals surface area contributed by atoms with Crippen LogP contribution >= 0.6 is 0 Å². The summed E-state index contributed by atoms with van der Waals surface area (Å²) in [6, 6.07) is 4.41. The second-order valence-electron chi connectivity index (χ2n) is 6.97. The number of anilines is 1. The lowest BCUT2D eigenvalue weighted by Gasteiger charge is -2.22. The summed E-state index contributed by atoms with van der Waals surface area (Å²) in [5.74, 6) is -0.758. The van der Waals surface area contributed by atoms with Crippen molar-refractivity contribution in [2.75, 3.05) is 5.32 Å². The molecule has 1 unspecified atom stereocenters. The van der Waals surface area contributed by atoms with Crippen LogP contribution in [0.3, 0.4) is 0 Å². The van der Waals surface area contributed by atoms with Gasteiger partial charge in [-0.3, -0.25) is 4.79 Å². The van der Waals surface area contributed by atoms with Gasteiger partial charge in [-0.2, -0.15) is 18.4 Å². The van der Waals surface area contributed by atoms with Crippen LogP contribution in [-0.4, -0.2) is 16.6 Å². The van der Waals surface area contributed by atoms with E-state index in [1.54, 1.807) is 0 Å². The number of hydrogen-bond donors (Lipinski definition) is 2. The van der Waals surface area contributed by atoms with Crippen molar-refractivity contribution < 1.29 is 23.1 Å².